The van der Waals surface area contributed by atoms with E-state index in [1.54, 1.807) is 10.9 Å². The second-order valence-corrected chi connectivity index (χ2v) is 6.07. The van der Waals surface area contributed by atoms with Crippen molar-refractivity contribution in [3.63, 3.8) is 0 Å². The Balaban J connectivity index is 1.59. The molecule has 9 heteroatoms. The van der Waals surface area contributed by atoms with Crippen molar-refractivity contribution in [2.24, 2.45) is 0 Å². The summed E-state index contributed by atoms with van der Waals surface area (Å²) < 4.78 is 38.3. The molecule has 2 aromatic rings. The molecule has 0 aliphatic heterocycles. The molecule has 0 fully saturated rings. The summed E-state index contributed by atoms with van der Waals surface area (Å²) in [5.41, 5.74) is 2.23. The minimum atomic E-state index is -4.12. The minimum absolute atomic E-state index is 0.0300. The van der Waals surface area contributed by atoms with Crippen LogP contribution in [0.1, 0.15) is 36.2 Å². The Morgan fingerprint density at radius 2 is 2.20 bits per heavy atom. The first-order chi connectivity index (χ1) is 11.9. The van der Waals surface area contributed by atoms with E-state index in [0.717, 1.165) is 24.1 Å². The van der Waals surface area contributed by atoms with Gasteiger partial charge in [0.15, 0.2) is 5.69 Å². The van der Waals surface area contributed by atoms with Gasteiger partial charge in [0.2, 0.25) is 0 Å². The quantitative estimate of drug-likeness (QED) is 0.897. The number of nitrogens with one attached hydrogen (secondary N) is 1. The van der Waals surface area contributed by atoms with Crippen LogP contribution in [-0.2, 0) is 19.4 Å². The summed E-state index contributed by atoms with van der Waals surface area (Å²) in [6, 6.07) is 2.05. The molecule has 0 bridgehead atoms. The molecule has 0 saturated carbocycles. The van der Waals surface area contributed by atoms with Gasteiger partial charge >= 0.3 is 6.18 Å². The minimum Gasteiger partial charge on any atom is -0.366 e. The van der Waals surface area contributed by atoms with Gasteiger partial charge in [0.25, 0.3) is 0 Å². The topological polar surface area (TPSA) is 79.4 Å². The monoisotopic (exact) mass is 350 g/mol. The van der Waals surface area contributed by atoms with Crippen molar-refractivity contribution in [3.8, 4) is 6.07 Å². The van der Waals surface area contributed by atoms with Crippen LogP contribution in [0, 0.1) is 11.3 Å². The van der Waals surface area contributed by atoms with Crippen molar-refractivity contribution in [3.05, 3.63) is 35.5 Å². The predicted octanol–water partition coefficient (Wildman–Crippen LogP) is 2.86. The summed E-state index contributed by atoms with van der Waals surface area (Å²) in [6.45, 7) is 0.264. The van der Waals surface area contributed by atoms with Crippen LogP contribution in [0.15, 0.2) is 18.6 Å². The van der Waals surface area contributed by atoms with Crippen LogP contribution in [0.25, 0.3) is 0 Å². The van der Waals surface area contributed by atoms with Crippen LogP contribution in [0.3, 0.4) is 0 Å². The maximum Gasteiger partial charge on any atom is 0.389 e. The van der Waals surface area contributed by atoms with Crippen molar-refractivity contribution < 1.29 is 13.2 Å². The van der Waals surface area contributed by atoms with E-state index < -0.39 is 12.6 Å². The maximum absolute atomic E-state index is 12.2. The summed E-state index contributed by atoms with van der Waals surface area (Å²) in [6.07, 6.45) is 2.24. The number of alkyl halides is 3. The number of anilines is 1. The Morgan fingerprint density at radius 1 is 1.36 bits per heavy atom. The van der Waals surface area contributed by atoms with Crippen molar-refractivity contribution in [1.82, 2.24) is 19.7 Å². The largest absolute Gasteiger partial charge is 0.389 e. The van der Waals surface area contributed by atoms with Crippen LogP contribution >= 0.6 is 0 Å². The van der Waals surface area contributed by atoms with Crippen molar-refractivity contribution in [2.75, 3.05) is 5.32 Å². The van der Waals surface area contributed by atoms with Crippen molar-refractivity contribution >= 4 is 5.82 Å². The average Bonchev–Trinajstić information content (AvgIpc) is 2.95. The normalized spacial score (nSPS) is 17.0. The van der Waals surface area contributed by atoms with E-state index in [-0.39, 0.29) is 24.7 Å². The van der Waals surface area contributed by atoms with E-state index in [1.807, 2.05) is 12.3 Å². The van der Waals surface area contributed by atoms with E-state index >= 15 is 0 Å². The number of rotatable bonds is 5. The molecule has 1 aliphatic rings. The Morgan fingerprint density at radius 3 is 2.96 bits per heavy atom. The van der Waals surface area contributed by atoms with Crippen LogP contribution in [0.2, 0.25) is 0 Å². The van der Waals surface area contributed by atoms with Gasteiger partial charge in [-0.25, -0.2) is 4.98 Å². The lowest BCUT2D eigenvalue weighted by atomic mass is 9.94. The highest BCUT2D eigenvalue weighted by Gasteiger charge is 2.26. The van der Waals surface area contributed by atoms with Gasteiger partial charge in [-0.1, -0.05) is 0 Å². The summed E-state index contributed by atoms with van der Waals surface area (Å²) in [5, 5.41) is 16.5. The number of aromatic nitrogens is 4. The fraction of sp³-hybridized carbons (Fsp3) is 0.500. The van der Waals surface area contributed by atoms with E-state index in [1.165, 1.54) is 6.20 Å². The molecule has 1 unspecified atom stereocenters. The van der Waals surface area contributed by atoms with Crippen LogP contribution < -0.4 is 5.32 Å². The van der Waals surface area contributed by atoms with Gasteiger partial charge < -0.3 is 5.32 Å². The highest BCUT2D eigenvalue weighted by molar-refractivity contribution is 5.37. The molecular formula is C16H17F3N6. The Kier molecular flexibility index (Phi) is 4.88. The van der Waals surface area contributed by atoms with E-state index in [4.69, 9.17) is 5.26 Å². The van der Waals surface area contributed by atoms with Gasteiger partial charge in [-0.15, -0.1) is 0 Å². The third-order valence-electron chi connectivity index (χ3n) is 4.08. The molecule has 1 aliphatic carbocycles. The van der Waals surface area contributed by atoms with E-state index in [0.29, 0.717) is 12.2 Å². The second kappa shape index (κ2) is 7.09. The average molecular weight is 350 g/mol. The van der Waals surface area contributed by atoms with Gasteiger partial charge in [0.05, 0.1) is 18.1 Å². The van der Waals surface area contributed by atoms with Gasteiger partial charge in [0.1, 0.15) is 11.9 Å². The van der Waals surface area contributed by atoms with E-state index in [9.17, 15) is 13.2 Å². The van der Waals surface area contributed by atoms with E-state index in [2.05, 4.69) is 20.4 Å². The fourth-order valence-electron chi connectivity index (χ4n) is 2.93. The molecule has 0 amide bonds. The summed E-state index contributed by atoms with van der Waals surface area (Å²) >= 11 is 0. The number of hydrogen-bond acceptors (Lipinski definition) is 5. The zero-order chi connectivity index (χ0) is 17.9. The highest BCUT2D eigenvalue weighted by Crippen LogP contribution is 2.24. The lowest BCUT2D eigenvalue weighted by molar-refractivity contribution is -0.136. The molecule has 0 aromatic carbocycles. The van der Waals surface area contributed by atoms with Gasteiger partial charge in [-0.2, -0.15) is 23.5 Å². The Bertz CT molecular complexity index is 777. The Hall–Kier alpha value is -2.63. The summed E-state index contributed by atoms with van der Waals surface area (Å²) in [5.74, 6) is 0.539. The molecule has 0 spiro atoms. The summed E-state index contributed by atoms with van der Waals surface area (Å²) in [7, 11) is 0. The first-order valence-corrected chi connectivity index (χ1v) is 8.03. The van der Waals surface area contributed by atoms with Crippen molar-refractivity contribution in [2.45, 2.75) is 50.9 Å². The molecule has 6 nitrogen and oxygen atoms in total. The fourth-order valence-corrected chi connectivity index (χ4v) is 2.93. The SMILES string of the molecule is N#Cc1cncc(NC2CCc3cn(CCCC(F)(F)F)nc3C2)n1. The maximum atomic E-state index is 12.2. The zero-order valence-electron chi connectivity index (χ0n) is 13.4. The van der Waals surface area contributed by atoms with Gasteiger partial charge in [0, 0.05) is 31.6 Å². The third-order valence-corrected chi connectivity index (χ3v) is 4.08. The first kappa shape index (κ1) is 17.2. The third kappa shape index (κ3) is 4.68. The number of nitriles is 1. The number of halogens is 3. The second-order valence-electron chi connectivity index (χ2n) is 6.07. The first-order valence-electron chi connectivity index (χ1n) is 8.03. The number of hydrogen-bond donors (Lipinski definition) is 1. The lowest BCUT2D eigenvalue weighted by Crippen LogP contribution is -2.27. The zero-order valence-corrected chi connectivity index (χ0v) is 13.4. The smallest absolute Gasteiger partial charge is 0.366 e. The molecular weight excluding hydrogens is 333 g/mol. The van der Waals surface area contributed by atoms with Gasteiger partial charge in [-0.05, 0) is 24.8 Å². The predicted molar refractivity (Wildman–Crippen MR) is 83.7 cm³/mol. The lowest BCUT2D eigenvalue weighted by Gasteiger charge is -2.22. The molecule has 3 rings (SSSR count). The van der Waals surface area contributed by atoms with Crippen LogP contribution in [0.4, 0.5) is 19.0 Å². The highest BCUT2D eigenvalue weighted by atomic mass is 19.4. The molecule has 1 atom stereocenters. The standard InChI is InChI=1S/C16H17F3N6/c17-16(18,19)4-1-5-25-10-11-2-3-12(6-14(11)24-25)22-15-9-21-8-13(7-20)23-15/h8-10,12H,1-6H2,(H,22,23). The number of aryl methyl sites for hydroxylation is 2. The number of nitrogens with zero attached hydrogens (tertiary/aromatic N) is 5. The molecule has 132 valence electrons. The molecule has 0 radical (unpaired) electrons. The molecule has 1 N–H and O–H groups in total. The van der Waals surface area contributed by atoms with Gasteiger partial charge in [-0.3, -0.25) is 9.67 Å². The molecule has 2 aromatic heterocycles. The van der Waals surface area contributed by atoms with Crippen LogP contribution in [0.5, 0.6) is 0 Å². The number of fused-ring (bicyclic) bond motifs is 1. The summed E-state index contributed by atoms with van der Waals surface area (Å²) in [4.78, 5) is 8.11. The Labute approximate surface area is 142 Å². The van der Waals surface area contributed by atoms with Crippen LogP contribution in [-0.4, -0.2) is 32.0 Å². The molecule has 2 heterocycles. The molecule has 0 saturated heterocycles. The molecule has 25 heavy (non-hydrogen) atoms. The van der Waals surface area contributed by atoms with Crippen molar-refractivity contribution in [1.29, 1.82) is 5.26 Å².